The van der Waals surface area contributed by atoms with Gasteiger partial charge in [0.2, 0.25) is 6.33 Å². The minimum atomic E-state index is 0. The van der Waals surface area contributed by atoms with Crippen molar-refractivity contribution in [3.05, 3.63) is 24.5 Å². The van der Waals surface area contributed by atoms with Gasteiger partial charge in [0.05, 0.1) is 6.54 Å². The molecule has 0 spiro atoms. The maximum absolute atomic E-state index is 6.84. The van der Waals surface area contributed by atoms with Crippen molar-refractivity contribution >= 4 is 0 Å². The van der Waals surface area contributed by atoms with Gasteiger partial charge in [-0.25, -0.2) is 4.57 Å². The zero-order valence-electron chi connectivity index (χ0n) is 4.89. The summed E-state index contributed by atoms with van der Waals surface area (Å²) in [7, 11) is 0. The van der Waals surface area contributed by atoms with E-state index in [1.54, 1.807) is 0 Å². The van der Waals surface area contributed by atoms with E-state index in [0.717, 1.165) is 6.54 Å². The van der Waals surface area contributed by atoms with E-state index in [1.807, 2.05) is 23.3 Å². The van der Waals surface area contributed by atoms with Crippen LogP contribution in [0.25, 0.3) is 5.73 Å². The second kappa shape index (κ2) is 4.76. The first-order chi connectivity index (χ1) is 3.93. The van der Waals surface area contributed by atoms with Crippen LogP contribution in [-0.4, -0.2) is 11.5 Å². The largest absolute Gasteiger partial charge is 1.00 e. The van der Waals surface area contributed by atoms with E-state index in [1.165, 1.54) is 0 Å². The molecule has 1 rings (SSSR count). The van der Waals surface area contributed by atoms with Gasteiger partial charge in [-0.15, -0.1) is 6.54 Å². The third kappa shape index (κ3) is 2.81. The smallest absolute Gasteiger partial charge is 0.674 e. The third-order valence-electron chi connectivity index (χ3n) is 0.973. The molecule has 54 valence electrons. The Bertz CT molecular complexity index is 138. The van der Waals surface area contributed by atoms with E-state index in [-0.39, 0.29) is 22.4 Å². The summed E-state index contributed by atoms with van der Waals surface area (Å²) in [5.41, 5.74) is 6.84. The summed E-state index contributed by atoms with van der Waals surface area (Å²) in [6.45, 7) is 1.23. The molecule has 0 amide bonds. The average Bonchev–Trinajstić information content (AvgIpc) is 2.19. The van der Waals surface area contributed by atoms with Crippen molar-refractivity contribution in [2.24, 2.45) is 0 Å². The molecule has 4 heteroatoms. The second-order valence-electron chi connectivity index (χ2n) is 1.60. The van der Waals surface area contributed by atoms with Crippen LogP contribution in [0.2, 0.25) is 0 Å². The monoisotopic (exact) mass is 308 g/mol. The van der Waals surface area contributed by atoms with Crippen LogP contribution in [-0.2, 0) is 28.9 Å². The fourth-order valence-corrected chi connectivity index (χ4v) is 0.589. The zero-order valence-corrected chi connectivity index (χ0v) is 7.06. The molecule has 0 atom stereocenters. The van der Waals surface area contributed by atoms with Crippen LogP contribution in [0, 0.1) is 0 Å². The molecule has 0 fully saturated rings. The van der Waals surface area contributed by atoms with Crippen molar-refractivity contribution in [1.29, 1.82) is 0 Å². The molecule has 1 heterocycles. The molecule has 9 heavy (non-hydrogen) atoms. The van der Waals surface area contributed by atoms with Crippen LogP contribution < -0.4 is 4.57 Å². The van der Waals surface area contributed by atoms with Gasteiger partial charge in [0, 0.05) is 0 Å². The molecule has 1 aromatic heterocycles. The van der Waals surface area contributed by atoms with Gasteiger partial charge in [0.15, 0.2) is 0 Å². The molecule has 2 N–H and O–H groups in total. The van der Waals surface area contributed by atoms with Gasteiger partial charge in [-0.05, 0) is 0 Å². The second-order valence-corrected chi connectivity index (χ2v) is 1.60. The molecular formula is C5H9AuN3+. The Labute approximate surface area is 69.8 Å². The summed E-state index contributed by atoms with van der Waals surface area (Å²) < 4.78 is 1.94. The average molecular weight is 308 g/mol. The topological polar surface area (TPSA) is 43.5 Å². The minimum Gasteiger partial charge on any atom is -0.674 e. The maximum Gasteiger partial charge on any atom is 1.00 e. The maximum atomic E-state index is 6.84. The summed E-state index contributed by atoms with van der Waals surface area (Å²) in [4.78, 5) is 2.89. The van der Waals surface area contributed by atoms with Crippen LogP contribution in [0.1, 0.15) is 0 Å². The van der Waals surface area contributed by atoms with Gasteiger partial charge in [-0.2, -0.15) is 0 Å². The van der Waals surface area contributed by atoms with Crippen molar-refractivity contribution in [2.75, 3.05) is 6.54 Å². The Hall–Kier alpha value is -0.0897. The summed E-state index contributed by atoms with van der Waals surface area (Å²) >= 11 is 0. The first kappa shape index (κ1) is 8.91. The number of imidazole rings is 1. The Morgan fingerprint density at radius 1 is 1.56 bits per heavy atom. The van der Waals surface area contributed by atoms with E-state index in [0.29, 0.717) is 6.54 Å². The minimum absolute atomic E-state index is 0. The molecule has 0 bridgehead atoms. The summed E-state index contributed by atoms with van der Waals surface area (Å²) in [5.74, 6) is 0. The van der Waals surface area contributed by atoms with E-state index in [4.69, 9.17) is 5.73 Å². The SMILES string of the molecule is [Au+].[NH-]CC[n+]1cc[nH]c1. The van der Waals surface area contributed by atoms with Crippen LogP contribution in [0.3, 0.4) is 0 Å². The molecular weight excluding hydrogens is 299 g/mol. The number of nitrogens with one attached hydrogen (secondary N) is 2. The van der Waals surface area contributed by atoms with Crippen molar-refractivity contribution in [3.8, 4) is 0 Å². The van der Waals surface area contributed by atoms with Gasteiger partial charge in [-0.1, -0.05) is 0 Å². The number of H-pyrrole nitrogens is 1. The van der Waals surface area contributed by atoms with Gasteiger partial charge in [0.1, 0.15) is 12.4 Å². The van der Waals surface area contributed by atoms with Gasteiger partial charge >= 0.3 is 22.4 Å². The van der Waals surface area contributed by atoms with Crippen LogP contribution in [0.4, 0.5) is 0 Å². The fraction of sp³-hybridized carbons (Fsp3) is 0.400. The predicted molar refractivity (Wildman–Crippen MR) is 30.2 cm³/mol. The Balaban J connectivity index is 0.000000640. The van der Waals surface area contributed by atoms with Crippen molar-refractivity contribution < 1.29 is 26.9 Å². The normalized spacial score (nSPS) is 8.56. The third-order valence-corrected chi connectivity index (χ3v) is 0.973. The first-order valence-corrected chi connectivity index (χ1v) is 2.60. The van der Waals surface area contributed by atoms with E-state index in [2.05, 4.69) is 4.98 Å². The molecule has 0 aliphatic carbocycles. The molecule has 0 saturated heterocycles. The Morgan fingerprint density at radius 3 is 2.78 bits per heavy atom. The zero-order chi connectivity index (χ0) is 5.82. The molecule has 0 unspecified atom stereocenters. The predicted octanol–water partition coefficient (Wildman–Crippen LogP) is 0.352. The molecule has 1 aromatic rings. The van der Waals surface area contributed by atoms with Crippen LogP contribution >= 0.6 is 0 Å². The number of aromatic nitrogens is 2. The van der Waals surface area contributed by atoms with Gasteiger partial charge < -0.3 is 5.73 Å². The fourth-order valence-electron chi connectivity index (χ4n) is 0.589. The van der Waals surface area contributed by atoms with Crippen molar-refractivity contribution in [2.45, 2.75) is 6.54 Å². The van der Waals surface area contributed by atoms with E-state index < -0.39 is 0 Å². The van der Waals surface area contributed by atoms with Crippen LogP contribution in [0.5, 0.6) is 0 Å². The van der Waals surface area contributed by atoms with Gasteiger partial charge in [-0.3, -0.25) is 4.98 Å². The number of rotatable bonds is 2. The van der Waals surface area contributed by atoms with Crippen LogP contribution in [0.15, 0.2) is 18.7 Å². The number of aromatic amines is 1. The van der Waals surface area contributed by atoms with E-state index in [9.17, 15) is 0 Å². The number of hydrogen-bond acceptors (Lipinski definition) is 0. The molecule has 0 saturated carbocycles. The Morgan fingerprint density at radius 2 is 2.33 bits per heavy atom. The van der Waals surface area contributed by atoms with Gasteiger partial charge in [0.25, 0.3) is 0 Å². The summed E-state index contributed by atoms with van der Waals surface area (Å²) in [6.07, 6.45) is 5.60. The summed E-state index contributed by atoms with van der Waals surface area (Å²) in [6, 6.07) is 0. The Kier molecular flexibility index (Phi) is 4.71. The van der Waals surface area contributed by atoms with Crippen molar-refractivity contribution in [3.63, 3.8) is 0 Å². The standard InChI is InChI=1S/C5H8N3.Au/c6-1-3-8-4-2-7-5-8;/h2,4-6H,1,3H2;/q-1;+1/p+1. The number of nitrogens with zero attached hydrogens (tertiary/aromatic N) is 1. The molecule has 0 aromatic carbocycles. The molecule has 0 radical (unpaired) electrons. The summed E-state index contributed by atoms with van der Waals surface area (Å²) in [5, 5.41) is 0. The molecule has 3 nitrogen and oxygen atoms in total. The van der Waals surface area contributed by atoms with Crippen molar-refractivity contribution in [1.82, 2.24) is 4.98 Å². The first-order valence-electron chi connectivity index (χ1n) is 2.60. The quantitative estimate of drug-likeness (QED) is 0.605. The molecule has 0 aliphatic rings. The van der Waals surface area contributed by atoms with E-state index >= 15 is 0 Å². The number of hydrogen-bond donors (Lipinski definition) is 1. The molecule has 0 aliphatic heterocycles.